The topological polar surface area (TPSA) is 86.2 Å². The molecule has 0 saturated heterocycles. The first-order valence-electron chi connectivity index (χ1n) is 8.50. The van der Waals surface area contributed by atoms with E-state index in [0.717, 1.165) is 25.2 Å². The molecule has 3 fully saturated rings. The van der Waals surface area contributed by atoms with Crippen LogP contribution in [0.15, 0.2) is 18.5 Å². The van der Waals surface area contributed by atoms with Gasteiger partial charge < -0.3 is 20.1 Å². The van der Waals surface area contributed by atoms with Crippen molar-refractivity contribution in [1.82, 2.24) is 14.5 Å². The number of aromatic nitrogens is 3. The molecule has 3 saturated carbocycles. The highest BCUT2D eigenvalue weighted by molar-refractivity contribution is 5.64. The fraction of sp³-hybridized carbons (Fsp3) is 0.529. The Labute approximate surface area is 147 Å². The van der Waals surface area contributed by atoms with Gasteiger partial charge in [-0.2, -0.15) is 0 Å². The summed E-state index contributed by atoms with van der Waals surface area (Å²) in [7, 11) is 0. The van der Waals surface area contributed by atoms with E-state index in [1.807, 2.05) is 11.5 Å². The van der Waals surface area contributed by atoms with Gasteiger partial charge in [0, 0.05) is 23.5 Å². The quantitative estimate of drug-likeness (QED) is 0.845. The second-order valence-electron chi connectivity index (χ2n) is 7.14. The minimum Gasteiger partial charge on any atom is -0.402 e. The van der Waals surface area contributed by atoms with Crippen molar-refractivity contribution >= 4 is 5.82 Å². The van der Waals surface area contributed by atoms with Crippen LogP contribution in [0.25, 0.3) is 11.3 Å². The van der Waals surface area contributed by atoms with Crippen LogP contribution in [0.3, 0.4) is 0 Å². The van der Waals surface area contributed by atoms with E-state index in [2.05, 4.69) is 14.7 Å². The number of aliphatic hydroxyl groups excluding tert-OH is 1. The van der Waals surface area contributed by atoms with Gasteiger partial charge in [-0.15, -0.1) is 13.2 Å². The molecule has 26 heavy (non-hydrogen) atoms. The molecule has 1 atom stereocenters. The van der Waals surface area contributed by atoms with E-state index >= 15 is 0 Å². The molecule has 2 aromatic heterocycles. The SMILES string of the molecule is CCC(O)c1nc(-c2cnc(N)c(OC(F)(F)F)c2)cn1C12CC(C1)C2. The molecule has 0 spiro atoms. The van der Waals surface area contributed by atoms with Crippen molar-refractivity contribution in [2.24, 2.45) is 5.92 Å². The third-order valence-electron chi connectivity index (χ3n) is 5.34. The Kier molecular flexibility index (Phi) is 3.69. The van der Waals surface area contributed by atoms with E-state index in [9.17, 15) is 18.3 Å². The Hall–Kier alpha value is -2.29. The third kappa shape index (κ3) is 2.70. The molecule has 3 N–H and O–H groups in total. The van der Waals surface area contributed by atoms with Gasteiger partial charge in [-0.1, -0.05) is 6.92 Å². The highest BCUT2D eigenvalue weighted by Crippen LogP contribution is 2.63. The lowest BCUT2D eigenvalue weighted by molar-refractivity contribution is -0.274. The molecule has 3 aliphatic rings. The predicted molar refractivity (Wildman–Crippen MR) is 87.1 cm³/mol. The summed E-state index contributed by atoms with van der Waals surface area (Å²) in [6.45, 7) is 1.85. The van der Waals surface area contributed by atoms with E-state index < -0.39 is 18.2 Å². The molecule has 9 heteroatoms. The van der Waals surface area contributed by atoms with Crippen LogP contribution in [0, 0.1) is 5.92 Å². The summed E-state index contributed by atoms with van der Waals surface area (Å²) in [4.78, 5) is 8.28. The molecule has 3 aliphatic carbocycles. The number of aliphatic hydroxyl groups is 1. The second-order valence-corrected chi connectivity index (χ2v) is 7.14. The van der Waals surface area contributed by atoms with E-state index in [4.69, 9.17) is 5.73 Å². The molecular weight excluding hydrogens is 349 g/mol. The van der Waals surface area contributed by atoms with E-state index in [-0.39, 0.29) is 11.4 Å². The van der Waals surface area contributed by atoms with Crippen LogP contribution >= 0.6 is 0 Å². The first-order chi connectivity index (χ1) is 12.2. The molecule has 0 amide bonds. The van der Waals surface area contributed by atoms with Crippen LogP contribution < -0.4 is 10.5 Å². The highest BCUT2D eigenvalue weighted by Gasteiger charge is 2.58. The zero-order valence-corrected chi connectivity index (χ0v) is 14.1. The molecule has 140 valence electrons. The van der Waals surface area contributed by atoms with Crippen molar-refractivity contribution in [2.75, 3.05) is 5.73 Å². The van der Waals surface area contributed by atoms with Crippen molar-refractivity contribution in [2.45, 2.75) is 50.6 Å². The average molecular weight is 368 g/mol. The number of rotatable bonds is 5. The van der Waals surface area contributed by atoms with Crippen molar-refractivity contribution < 1.29 is 23.0 Å². The Morgan fingerprint density at radius 2 is 2.12 bits per heavy atom. The van der Waals surface area contributed by atoms with E-state index in [0.29, 0.717) is 23.5 Å². The summed E-state index contributed by atoms with van der Waals surface area (Å²) >= 11 is 0. The molecule has 6 nitrogen and oxygen atoms in total. The van der Waals surface area contributed by atoms with Gasteiger partial charge in [-0.3, -0.25) is 0 Å². The zero-order valence-electron chi connectivity index (χ0n) is 14.1. The maximum absolute atomic E-state index is 12.5. The number of alkyl halides is 3. The van der Waals surface area contributed by atoms with Crippen molar-refractivity contribution in [3.63, 3.8) is 0 Å². The summed E-state index contributed by atoms with van der Waals surface area (Å²) in [6, 6.07) is 1.17. The maximum atomic E-state index is 12.5. The van der Waals surface area contributed by atoms with Gasteiger partial charge in [0.1, 0.15) is 11.9 Å². The number of halogens is 3. The van der Waals surface area contributed by atoms with Crippen LogP contribution in [0.5, 0.6) is 5.75 Å². The number of nitrogens with zero attached hydrogens (tertiary/aromatic N) is 3. The molecular formula is C17H19F3N4O2. The number of nitrogens with two attached hydrogens (primary N) is 1. The van der Waals surface area contributed by atoms with Crippen molar-refractivity contribution in [1.29, 1.82) is 0 Å². The Balaban J connectivity index is 1.73. The van der Waals surface area contributed by atoms with E-state index in [1.165, 1.54) is 12.3 Å². The normalized spacial score (nSPS) is 25.3. The first-order valence-corrected chi connectivity index (χ1v) is 8.50. The largest absolute Gasteiger partial charge is 0.573 e. The summed E-state index contributed by atoms with van der Waals surface area (Å²) in [5, 5.41) is 10.3. The smallest absolute Gasteiger partial charge is 0.402 e. The van der Waals surface area contributed by atoms with Crippen molar-refractivity contribution in [3.05, 3.63) is 24.3 Å². The Bertz CT molecular complexity index is 832. The molecule has 5 rings (SSSR count). The number of nitrogen functional groups attached to an aromatic ring is 1. The molecule has 2 aromatic rings. The van der Waals surface area contributed by atoms with Crippen LogP contribution in [0.4, 0.5) is 19.0 Å². The summed E-state index contributed by atoms with van der Waals surface area (Å²) in [5.74, 6) is 0.361. The monoisotopic (exact) mass is 368 g/mol. The minimum absolute atomic E-state index is 0.00602. The molecule has 1 unspecified atom stereocenters. The summed E-state index contributed by atoms with van der Waals surface area (Å²) in [6.07, 6.45) is 1.20. The molecule has 0 aromatic carbocycles. The van der Waals surface area contributed by atoms with Crippen LogP contribution in [-0.2, 0) is 5.54 Å². The van der Waals surface area contributed by atoms with Gasteiger partial charge in [-0.25, -0.2) is 9.97 Å². The molecule has 2 bridgehead atoms. The number of anilines is 1. The molecule has 0 radical (unpaired) electrons. The zero-order chi connectivity index (χ0) is 18.7. The lowest BCUT2D eigenvalue weighted by atomic mass is 9.49. The lowest BCUT2D eigenvalue weighted by Crippen LogP contribution is -2.59. The first kappa shape index (κ1) is 17.1. The van der Waals surface area contributed by atoms with Gasteiger partial charge in [0.15, 0.2) is 11.6 Å². The molecule has 0 aliphatic heterocycles. The predicted octanol–water partition coefficient (Wildman–Crippen LogP) is 3.38. The summed E-state index contributed by atoms with van der Waals surface area (Å²) in [5.41, 5.74) is 6.27. The fourth-order valence-corrected chi connectivity index (χ4v) is 3.86. The van der Waals surface area contributed by atoms with Gasteiger partial charge in [0.05, 0.1) is 5.69 Å². The number of hydrogen-bond donors (Lipinski definition) is 2. The minimum atomic E-state index is -4.86. The van der Waals surface area contributed by atoms with Gasteiger partial charge >= 0.3 is 6.36 Å². The van der Waals surface area contributed by atoms with E-state index in [1.54, 1.807) is 6.20 Å². The average Bonchev–Trinajstić information content (AvgIpc) is 2.89. The summed E-state index contributed by atoms with van der Waals surface area (Å²) < 4.78 is 43.5. The third-order valence-corrected chi connectivity index (χ3v) is 5.34. The Morgan fingerprint density at radius 1 is 1.42 bits per heavy atom. The number of ether oxygens (including phenoxy) is 1. The van der Waals surface area contributed by atoms with Crippen molar-refractivity contribution in [3.8, 4) is 17.0 Å². The standard InChI is InChI=1S/C17H19F3N4O2/c1-2-12(25)15-23-11(8-24(15)16-4-9(5-16)6-16)10-3-13(14(21)22-7-10)26-17(18,19)20/h3,7-9,12,25H,2,4-6H2,1H3,(H2,21,22). The van der Waals surface area contributed by atoms with Crippen LogP contribution in [-0.4, -0.2) is 26.0 Å². The number of pyridine rings is 1. The molecule has 2 heterocycles. The Morgan fingerprint density at radius 3 is 2.65 bits per heavy atom. The van der Waals surface area contributed by atoms with Gasteiger partial charge in [-0.05, 0) is 37.7 Å². The maximum Gasteiger partial charge on any atom is 0.573 e. The number of hydrogen-bond acceptors (Lipinski definition) is 5. The van der Waals surface area contributed by atoms with Crippen LogP contribution in [0.1, 0.15) is 44.5 Å². The van der Waals surface area contributed by atoms with Crippen LogP contribution in [0.2, 0.25) is 0 Å². The second kappa shape index (κ2) is 5.60. The van der Waals surface area contributed by atoms with Gasteiger partial charge in [0.25, 0.3) is 0 Å². The lowest BCUT2D eigenvalue weighted by Gasteiger charge is -2.62. The number of imidazole rings is 1. The fourth-order valence-electron chi connectivity index (χ4n) is 3.86. The van der Waals surface area contributed by atoms with Gasteiger partial charge in [0.2, 0.25) is 0 Å². The highest BCUT2D eigenvalue weighted by atomic mass is 19.4.